The Kier molecular flexibility index (Phi) is 9.18. The van der Waals surface area contributed by atoms with Crippen molar-refractivity contribution in [2.24, 2.45) is 4.99 Å². The van der Waals surface area contributed by atoms with Crippen LogP contribution >= 0.6 is 24.0 Å². The van der Waals surface area contributed by atoms with Gasteiger partial charge >= 0.3 is 0 Å². The standard InChI is InChI=1S/C19H24FN3O2.HI/c1-21-19(22-12-14-6-5-7-16(20)10-14)23(2)13-15-8-9-17(24-3)11-18(15)25-4;/h5-11H,12-13H2,1-4H3,(H,21,22);1H. The molecule has 2 aromatic carbocycles. The number of methoxy groups -OCH3 is 2. The van der Waals surface area contributed by atoms with Crippen LogP contribution in [0.2, 0.25) is 0 Å². The van der Waals surface area contributed by atoms with Crippen LogP contribution in [0.4, 0.5) is 4.39 Å². The predicted octanol–water partition coefficient (Wildman–Crippen LogP) is 3.67. The molecule has 0 aliphatic carbocycles. The van der Waals surface area contributed by atoms with E-state index in [9.17, 15) is 4.39 Å². The highest BCUT2D eigenvalue weighted by Crippen LogP contribution is 2.25. The number of guanidine groups is 1. The van der Waals surface area contributed by atoms with Gasteiger partial charge in [-0.15, -0.1) is 24.0 Å². The molecule has 0 spiro atoms. The second-order valence-corrected chi connectivity index (χ2v) is 5.56. The molecule has 142 valence electrons. The van der Waals surface area contributed by atoms with Crippen LogP contribution in [-0.2, 0) is 13.1 Å². The highest BCUT2D eigenvalue weighted by Gasteiger charge is 2.11. The highest BCUT2D eigenvalue weighted by atomic mass is 127. The van der Waals surface area contributed by atoms with Crippen molar-refractivity contribution >= 4 is 29.9 Å². The number of benzene rings is 2. The minimum atomic E-state index is -0.245. The number of nitrogens with zero attached hydrogens (tertiary/aromatic N) is 2. The van der Waals surface area contributed by atoms with Crippen molar-refractivity contribution < 1.29 is 13.9 Å². The minimum absolute atomic E-state index is 0. The normalized spacial score (nSPS) is 10.7. The summed E-state index contributed by atoms with van der Waals surface area (Å²) in [6.07, 6.45) is 0. The second-order valence-electron chi connectivity index (χ2n) is 5.56. The van der Waals surface area contributed by atoms with Gasteiger partial charge in [0, 0.05) is 38.8 Å². The third-order valence-corrected chi connectivity index (χ3v) is 3.81. The molecule has 0 amide bonds. The van der Waals surface area contributed by atoms with E-state index in [1.165, 1.54) is 12.1 Å². The van der Waals surface area contributed by atoms with Crippen LogP contribution in [0.1, 0.15) is 11.1 Å². The molecule has 0 bridgehead atoms. The van der Waals surface area contributed by atoms with Gasteiger partial charge in [-0.25, -0.2) is 4.39 Å². The number of hydrogen-bond donors (Lipinski definition) is 1. The van der Waals surface area contributed by atoms with Crippen LogP contribution in [-0.4, -0.2) is 39.2 Å². The summed E-state index contributed by atoms with van der Waals surface area (Å²) in [6, 6.07) is 12.2. The van der Waals surface area contributed by atoms with Crippen molar-refractivity contribution in [1.82, 2.24) is 10.2 Å². The maximum Gasteiger partial charge on any atom is 0.193 e. The molecule has 0 unspecified atom stereocenters. The first kappa shape index (κ1) is 22.0. The van der Waals surface area contributed by atoms with Gasteiger partial charge in [-0.1, -0.05) is 12.1 Å². The Morgan fingerprint density at radius 3 is 2.54 bits per heavy atom. The molecule has 0 radical (unpaired) electrons. The fraction of sp³-hybridized carbons (Fsp3) is 0.316. The molecule has 0 atom stereocenters. The van der Waals surface area contributed by atoms with E-state index >= 15 is 0 Å². The summed E-state index contributed by atoms with van der Waals surface area (Å²) in [5, 5.41) is 3.24. The molecule has 2 rings (SSSR count). The van der Waals surface area contributed by atoms with Gasteiger partial charge in [-0.05, 0) is 29.8 Å². The van der Waals surface area contributed by atoms with Gasteiger partial charge in [0.05, 0.1) is 14.2 Å². The lowest BCUT2D eigenvalue weighted by atomic mass is 10.2. The zero-order valence-electron chi connectivity index (χ0n) is 15.5. The average molecular weight is 473 g/mol. The molecule has 0 aliphatic rings. The van der Waals surface area contributed by atoms with E-state index in [0.29, 0.717) is 19.0 Å². The first-order valence-corrected chi connectivity index (χ1v) is 7.94. The van der Waals surface area contributed by atoms with Crippen LogP contribution in [0, 0.1) is 5.82 Å². The Morgan fingerprint density at radius 2 is 1.92 bits per heavy atom. The molecule has 26 heavy (non-hydrogen) atoms. The summed E-state index contributed by atoms with van der Waals surface area (Å²) in [5.41, 5.74) is 1.87. The Bertz CT molecular complexity index is 740. The van der Waals surface area contributed by atoms with E-state index in [1.807, 2.05) is 36.2 Å². The Labute approximate surface area is 171 Å². The number of nitrogens with one attached hydrogen (secondary N) is 1. The van der Waals surface area contributed by atoms with E-state index in [-0.39, 0.29) is 29.8 Å². The summed E-state index contributed by atoms with van der Waals surface area (Å²) in [4.78, 5) is 6.26. The Hall–Kier alpha value is -2.03. The number of halogens is 2. The lowest BCUT2D eigenvalue weighted by Gasteiger charge is -2.23. The molecule has 2 aromatic rings. The SMILES string of the molecule is CN=C(NCc1cccc(F)c1)N(C)Cc1ccc(OC)cc1OC.I. The first-order valence-electron chi connectivity index (χ1n) is 7.94. The summed E-state index contributed by atoms with van der Waals surface area (Å²) < 4.78 is 23.9. The van der Waals surface area contributed by atoms with Gasteiger partial charge in [0.15, 0.2) is 5.96 Å². The van der Waals surface area contributed by atoms with Crippen molar-refractivity contribution in [3.8, 4) is 11.5 Å². The van der Waals surface area contributed by atoms with E-state index in [1.54, 1.807) is 27.3 Å². The Balaban J connectivity index is 0.00000338. The van der Waals surface area contributed by atoms with Gasteiger partial charge in [-0.3, -0.25) is 4.99 Å². The van der Waals surface area contributed by atoms with Crippen molar-refractivity contribution in [2.45, 2.75) is 13.1 Å². The molecule has 7 heteroatoms. The number of hydrogen-bond acceptors (Lipinski definition) is 3. The molecule has 1 N–H and O–H groups in total. The zero-order chi connectivity index (χ0) is 18.2. The van der Waals surface area contributed by atoms with Crippen molar-refractivity contribution in [2.75, 3.05) is 28.3 Å². The van der Waals surface area contributed by atoms with Crippen LogP contribution < -0.4 is 14.8 Å². The first-order chi connectivity index (χ1) is 12.1. The molecule has 5 nitrogen and oxygen atoms in total. The molecular weight excluding hydrogens is 448 g/mol. The summed E-state index contributed by atoms with van der Waals surface area (Å²) in [7, 11) is 6.91. The smallest absolute Gasteiger partial charge is 0.193 e. The van der Waals surface area contributed by atoms with Gasteiger partial charge in [0.25, 0.3) is 0 Å². The molecular formula is C19H25FIN3O2. The maximum atomic E-state index is 13.3. The van der Waals surface area contributed by atoms with Crippen molar-refractivity contribution in [1.29, 1.82) is 0 Å². The van der Waals surface area contributed by atoms with Crippen LogP contribution in [0.5, 0.6) is 11.5 Å². The van der Waals surface area contributed by atoms with Crippen molar-refractivity contribution in [3.63, 3.8) is 0 Å². The quantitative estimate of drug-likeness (QED) is 0.395. The van der Waals surface area contributed by atoms with E-state index < -0.39 is 0 Å². The average Bonchev–Trinajstić information content (AvgIpc) is 2.62. The van der Waals surface area contributed by atoms with E-state index in [0.717, 1.165) is 22.6 Å². The van der Waals surface area contributed by atoms with Gasteiger partial charge in [0.2, 0.25) is 0 Å². The highest BCUT2D eigenvalue weighted by molar-refractivity contribution is 14.0. The number of ether oxygens (including phenoxy) is 2. The summed E-state index contributed by atoms with van der Waals surface area (Å²) >= 11 is 0. The third kappa shape index (κ3) is 6.05. The minimum Gasteiger partial charge on any atom is -0.497 e. The van der Waals surface area contributed by atoms with E-state index in [4.69, 9.17) is 9.47 Å². The molecule has 0 saturated carbocycles. The lowest BCUT2D eigenvalue weighted by Crippen LogP contribution is -2.38. The number of rotatable bonds is 6. The Morgan fingerprint density at radius 1 is 1.15 bits per heavy atom. The van der Waals surface area contributed by atoms with Gasteiger partial charge in [-0.2, -0.15) is 0 Å². The molecule has 0 aliphatic heterocycles. The maximum absolute atomic E-state index is 13.3. The van der Waals surface area contributed by atoms with Crippen LogP contribution in [0.15, 0.2) is 47.5 Å². The van der Waals surface area contributed by atoms with E-state index in [2.05, 4.69) is 10.3 Å². The fourth-order valence-electron chi connectivity index (χ4n) is 2.53. The number of aliphatic imine (C=N–C) groups is 1. The summed E-state index contributed by atoms with van der Waals surface area (Å²) in [5.74, 6) is 1.97. The predicted molar refractivity (Wildman–Crippen MR) is 113 cm³/mol. The molecule has 0 aromatic heterocycles. The lowest BCUT2D eigenvalue weighted by molar-refractivity contribution is 0.382. The van der Waals surface area contributed by atoms with Gasteiger partial charge in [0.1, 0.15) is 17.3 Å². The summed E-state index contributed by atoms with van der Waals surface area (Å²) in [6.45, 7) is 1.10. The zero-order valence-corrected chi connectivity index (χ0v) is 17.8. The molecule has 0 heterocycles. The van der Waals surface area contributed by atoms with Crippen LogP contribution in [0.25, 0.3) is 0 Å². The largest absolute Gasteiger partial charge is 0.497 e. The monoisotopic (exact) mass is 473 g/mol. The fourth-order valence-corrected chi connectivity index (χ4v) is 2.53. The molecule has 0 fully saturated rings. The second kappa shape index (κ2) is 10.8. The molecule has 0 saturated heterocycles. The van der Waals surface area contributed by atoms with Gasteiger partial charge < -0.3 is 19.7 Å². The van der Waals surface area contributed by atoms with Crippen molar-refractivity contribution in [3.05, 3.63) is 59.4 Å². The topological polar surface area (TPSA) is 46.1 Å². The third-order valence-electron chi connectivity index (χ3n) is 3.81. The van der Waals surface area contributed by atoms with Crippen LogP contribution in [0.3, 0.4) is 0 Å².